The number of hydrogen-bond acceptors (Lipinski definition) is 4. The maximum atomic E-state index is 13.2. The Kier molecular flexibility index (Phi) is 4.24. The van der Waals surface area contributed by atoms with Crippen LogP contribution in [-0.4, -0.2) is 33.9 Å². The number of fused-ring (bicyclic) bond motifs is 1. The Morgan fingerprint density at radius 2 is 1.85 bits per heavy atom. The number of carbonyl (C=O) groups is 1. The fourth-order valence-electron chi connectivity index (χ4n) is 3.24. The lowest BCUT2D eigenvalue weighted by atomic mass is 10.1. The van der Waals surface area contributed by atoms with Gasteiger partial charge in [-0.05, 0) is 56.2 Å². The van der Waals surface area contributed by atoms with Crippen molar-refractivity contribution in [1.29, 1.82) is 0 Å². The Hall–Kier alpha value is -3.02. The van der Waals surface area contributed by atoms with Gasteiger partial charge in [0.05, 0.1) is 11.3 Å². The van der Waals surface area contributed by atoms with Crippen LogP contribution in [0.5, 0.6) is 0 Å². The number of rotatable bonds is 3. The van der Waals surface area contributed by atoms with Crippen LogP contribution < -0.4 is 5.32 Å². The third-order valence-electron chi connectivity index (χ3n) is 4.61. The summed E-state index contributed by atoms with van der Waals surface area (Å²) in [6.07, 6.45) is 3.63. The van der Waals surface area contributed by atoms with Gasteiger partial charge in [0.1, 0.15) is 5.82 Å². The minimum atomic E-state index is -0.305. The zero-order valence-electron chi connectivity index (χ0n) is 14.5. The monoisotopic (exact) mass is 350 g/mol. The van der Waals surface area contributed by atoms with Crippen molar-refractivity contribution in [2.45, 2.75) is 19.8 Å². The summed E-state index contributed by atoms with van der Waals surface area (Å²) < 4.78 is 13.2. The minimum Gasteiger partial charge on any atom is -0.354 e. The number of benzene rings is 1. The van der Waals surface area contributed by atoms with Crippen molar-refractivity contribution in [3.63, 3.8) is 0 Å². The Bertz CT molecular complexity index is 965. The molecule has 0 radical (unpaired) electrons. The standard InChI is InChI=1S/C20H19FN4O/c1-13-4-9-16-18(24-15-7-5-14(21)6-8-15)17(12-22-19(16)23-13)20(26)25-10-2-3-11-25/h4-9,12H,2-3,10-11H2,1H3,(H,22,23,24). The van der Waals surface area contributed by atoms with Gasteiger partial charge in [-0.2, -0.15) is 0 Å². The van der Waals surface area contributed by atoms with Crippen molar-refractivity contribution < 1.29 is 9.18 Å². The van der Waals surface area contributed by atoms with Crippen LogP contribution >= 0.6 is 0 Å². The normalized spacial score (nSPS) is 14.0. The average molecular weight is 350 g/mol. The summed E-state index contributed by atoms with van der Waals surface area (Å²) in [6, 6.07) is 9.87. The van der Waals surface area contributed by atoms with E-state index in [1.165, 1.54) is 12.1 Å². The third-order valence-corrected chi connectivity index (χ3v) is 4.61. The predicted molar refractivity (Wildman–Crippen MR) is 99.1 cm³/mol. The van der Waals surface area contributed by atoms with Crippen LogP contribution in [0.3, 0.4) is 0 Å². The van der Waals surface area contributed by atoms with Crippen LogP contribution in [0.1, 0.15) is 28.9 Å². The molecule has 132 valence electrons. The molecule has 0 spiro atoms. The molecule has 3 aromatic rings. The van der Waals surface area contributed by atoms with Crippen LogP contribution in [0.4, 0.5) is 15.8 Å². The molecule has 0 unspecified atom stereocenters. The van der Waals surface area contributed by atoms with Crippen LogP contribution in [0.25, 0.3) is 11.0 Å². The van der Waals surface area contributed by atoms with Gasteiger partial charge < -0.3 is 10.2 Å². The van der Waals surface area contributed by atoms with Gasteiger partial charge in [-0.3, -0.25) is 4.79 Å². The smallest absolute Gasteiger partial charge is 0.257 e. The second-order valence-corrected chi connectivity index (χ2v) is 6.50. The van der Waals surface area contributed by atoms with E-state index in [4.69, 9.17) is 0 Å². The summed E-state index contributed by atoms with van der Waals surface area (Å²) >= 11 is 0. The van der Waals surface area contributed by atoms with Crippen molar-refractivity contribution in [2.24, 2.45) is 0 Å². The van der Waals surface area contributed by atoms with Gasteiger partial charge >= 0.3 is 0 Å². The van der Waals surface area contributed by atoms with Crippen molar-refractivity contribution >= 4 is 28.3 Å². The molecule has 6 heteroatoms. The first kappa shape index (κ1) is 16.4. The number of aryl methyl sites for hydroxylation is 1. The molecule has 1 aromatic carbocycles. The van der Waals surface area contributed by atoms with Gasteiger partial charge in [0.2, 0.25) is 0 Å². The lowest BCUT2D eigenvalue weighted by Gasteiger charge is -2.19. The largest absolute Gasteiger partial charge is 0.354 e. The summed E-state index contributed by atoms with van der Waals surface area (Å²) in [6.45, 7) is 3.43. The van der Waals surface area contributed by atoms with E-state index in [-0.39, 0.29) is 11.7 Å². The number of halogens is 1. The number of hydrogen-bond donors (Lipinski definition) is 1. The number of amides is 1. The number of likely N-dealkylation sites (tertiary alicyclic amines) is 1. The Labute approximate surface area is 150 Å². The topological polar surface area (TPSA) is 58.1 Å². The summed E-state index contributed by atoms with van der Waals surface area (Å²) in [7, 11) is 0. The summed E-state index contributed by atoms with van der Waals surface area (Å²) in [5.74, 6) is -0.345. The SMILES string of the molecule is Cc1ccc2c(Nc3ccc(F)cc3)c(C(=O)N3CCCC3)cnc2n1. The maximum Gasteiger partial charge on any atom is 0.257 e. The van der Waals surface area contributed by atoms with Gasteiger partial charge in [0, 0.05) is 36.1 Å². The van der Waals surface area contributed by atoms with E-state index in [0.29, 0.717) is 22.6 Å². The number of carbonyl (C=O) groups excluding carboxylic acids is 1. The minimum absolute atomic E-state index is 0.0397. The number of anilines is 2. The molecule has 0 bridgehead atoms. The third kappa shape index (κ3) is 3.10. The predicted octanol–water partition coefficient (Wildman–Crippen LogP) is 4.06. The molecule has 0 atom stereocenters. The second kappa shape index (κ2) is 6.71. The molecule has 5 nitrogen and oxygen atoms in total. The van der Waals surface area contributed by atoms with Gasteiger partial charge in [-0.15, -0.1) is 0 Å². The van der Waals surface area contributed by atoms with E-state index in [1.54, 1.807) is 18.3 Å². The van der Waals surface area contributed by atoms with Crippen molar-refractivity contribution in [3.8, 4) is 0 Å². The van der Waals surface area contributed by atoms with Crippen molar-refractivity contribution in [3.05, 3.63) is 59.7 Å². The Morgan fingerprint density at radius 1 is 1.12 bits per heavy atom. The number of aromatic nitrogens is 2. The van der Waals surface area contributed by atoms with E-state index in [1.807, 2.05) is 24.0 Å². The van der Waals surface area contributed by atoms with E-state index in [0.717, 1.165) is 37.0 Å². The highest BCUT2D eigenvalue weighted by Gasteiger charge is 2.24. The van der Waals surface area contributed by atoms with E-state index >= 15 is 0 Å². The van der Waals surface area contributed by atoms with E-state index < -0.39 is 0 Å². The number of nitrogens with one attached hydrogen (secondary N) is 1. The molecule has 1 fully saturated rings. The molecule has 1 amide bonds. The molecule has 1 saturated heterocycles. The highest BCUT2D eigenvalue weighted by atomic mass is 19.1. The van der Waals surface area contributed by atoms with Crippen LogP contribution in [0.2, 0.25) is 0 Å². The zero-order chi connectivity index (χ0) is 18.1. The number of nitrogens with zero attached hydrogens (tertiary/aromatic N) is 3. The lowest BCUT2D eigenvalue weighted by Crippen LogP contribution is -2.28. The molecular weight excluding hydrogens is 331 g/mol. The van der Waals surface area contributed by atoms with E-state index in [9.17, 15) is 9.18 Å². The Morgan fingerprint density at radius 3 is 2.58 bits per heavy atom. The second-order valence-electron chi connectivity index (χ2n) is 6.50. The van der Waals surface area contributed by atoms with Gasteiger partial charge in [0.25, 0.3) is 5.91 Å². The highest BCUT2D eigenvalue weighted by molar-refractivity contribution is 6.07. The van der Waals surface area contributed by atoms with E-state index in [2.05, 4.69) is 15.3 Å². The summed E-state index contributed by atoms with van der Waals surface area (Å²) in [5, 5.41) is 4.04. The zero-order valence-corrected chi connectivity index (χ0v) is 14.5. The fourth-order valence-corrected chi connectivity index (χ4v) is 3.24. The fraction of sp³-hybridized carbons (Fsp3) is 0.250. The average Bonchev–Trinajstić information content (AvgIpc) is 3.18. The molecule has 1 aliphatic rings. The maximum absolute atomic E-state index is 13.2. The first-order chi connectivity index (χ1) is 12.6. The molecular formula is C20H19FN4O. The molecule has 0 aliphatic carbocycles. The van der Waals surface area contributed by atoms with Crippen LogP contribution in [0, 0.1) is 12.7 Å². The Balaban J connectivity index is 1.83. The lowest BCUT2D eigenvalue weighted by molar-refractivity contribution is 0.0793. The number of pyridine rings is 2. The highest BCUT2D eigenvalue weighted by Crippen LogP contribution is 2.30. The van der Waals surface area contributed by atoms with Gasteiger partial charge in [-0.1, -0.05) is 0 Å². The molecule has 0 saturated carbocycles. The molecule has 4 rings (SSSR count). The van der Waals surface area contributed by atoms with Crippen LogP contribution in [0.15, 0.2) is 42.6 Å². The summed E-state index contributed by atoms with van der Waals surface area (Å²) in [5.41, 5.74) is 3.30. The first-order valence-corrected chi connectivity index (χ1v) is 8.70. The first-order valence-electron chi connectivity index (χ1n) is 8.70. The molecule has 2 aromatic heterocycles. The molecule has 1 aliphatic heterocycles. The van der Waals surface area contributed by atoms with Crippen molar-refractivity contribution in [2.75, 3.05) is 18.4 Å². The van der Waals surface area contributed by atoms with Gasteiger partial charge in [-0.25, -0.2) is 14.4 Å². The van der Waals surface area contributed by atoms with Crippen LogP contribution in [-0.2, 0) is 0 Å². The molecule has 3 heterocycles. The molecule has 26 heavy (non-hydrogen) atoms. The quantitative estimate of drug-likeness (QED) is 0.774. The summed E-state index contributed by atoms with van der Waals surface area (Å²) in [4.78, 5) is 23.7. The molecule has 1 N–H and O–H groups in total. The van der Waals surface area contributed by atoms with Gasteiger partial charge in [0.15, 0.2) is 5.65 Å². The van der Waals surface area contributed by atoms with Crippen molar-refractivity contribution in [1.82, 2.24) is 14.9 Å².